The Bertz CT molecular complexity index is 947. The Hall–Kier alpha value is -3.02. The summed E-state index contributed by atoms with van der Waals surface area (Å²) < 4.78 is 11.0. The molecule has 2 aromatic rings. The van der Waals surface area contributed by atoms with Crippen LogP contribution in [0, 0.1) is 0 Å². The fraction of sp³-hybridized carbons (Fsp3) is 0.462. The number of hydrogen-bond acceptors (Lipinski definition) is 4. The van der Waals surface area contributed by atoms with Crippen LogP contribution < -0.4 is 14.8 Å². The second-order valence-corrected chi connectivity index (χ2v) is 8.99. The third-order valence-electron chi connectivity index (χ3n) is 6.50. The van der Waals surface area contributed by atoms with E-state index in [1.54, 1.807) is 7.11 Å². The van der Waals surface area contributed by atoms with E-state index >= 15 is 0 Å². The van der Waals surface area contributed by atoms with Crippen LogP contribution in [0.3, 0.4) is 0 Å². The van der Waals surface area contributed by atoms with E-state index in [0.29, 0.717) is 24.9 Å². The number of nitrogens with one attached hydrogen (secondary N) is 1. The fourth-order valence-electron chi connectivity index (χ4n) is 4.90. The Labute approximate surface area is 189 Å². The van der Waals surface area contributed by atoms with Crippen LogP contribution in [0.2, 0.25) is 0 Å². The van der Waals surface area contributed by atoms with Crippen molar-refractivity contribution < 1.29 is 19.1 Å². The molecule has 0 aromatic heterocycles. The maximum Gasteiger partial charge on any atom is 0.250 e. The molecule has 1 saturated carbocycles. The molecule has 2 amide bonds. The van der Waals surface area contributed by atoms with Crippen molar-refractivity contribution in [1.29, 1.82) is 0 Å². The molecule has 1 saturated heterocycles. The highest BCUT2D eigenvalue weighted by Crippen LogP contribution is 2.47. The summed E-state index contributed by atoms with van der Waals surface area (Å²) in [5, 5.41) is 3.07. The largest absolute Gasteiger partial charge is 0.497 e. The normalized spacial score (nSPS) is 19.9. The van der Waals surface area contributed by atoms with Gasteiger partial charge in [0, 0.05) is 5.69 Å². The third-order valence-corrected chi connectivity index (χ3v) is 6.50. The lowest BCUT2D eigenvalue weighted by molar-refractivity contribution is -0.166. The molecule has 1 N–H and O–H groups in total. The average Bonchev–Trinajstić information content (AvgIpc) is 2.79. The lowest BCUT2D eigenvalue weighted by atomic mass is 9.75. The summed E-state index contributed by atoms with van der Waals surface area (Å²) in [6, 6.07) is 15.1. The standard InChI is InChI=1S/C26H32N2O4/c1-18(2)32-22-11-7-19(8-12-22)23-17-24(29)28(23)26(15-5-4-6-16-26)25(30)27-20-9-13-21(31-3)14-10-20/h7-14,18,23H,4-6,15-17H2,1-3H3,(H,27,30)/t23-/m1/s1. The molecule has 0 unspecified atom stereocenters. The van der Waals surface area contributed by atoms with E-state index in [4.69, 9.17) is 9.47 Å². The summed E-state index contributed by atoms with van der Waals surface area (Å²) in [6.07, 6.45) is 4.88. The Morgan fingerprint density at radius 3 is 2.19 bits per heavy atom. The van der Waals surface area contributed by atoms with Gasteiger partial charge in [0.15, 0.2) is 0 Å². The van der Waals surface area contributed by atoms with Crippen LogP contribution in [0.1, 0.15) is 64.0 Å². The van der Waals surface area contributed by atoms with E-state index in [9.17, 15) is 9.59 Å². The molecule has 0 radical (unpaired) electrons. The lowest BCUT2D eigenvalue weighted by Crippen LogP contribution is -2.65. The highest BCUT2D eigenvalue weighted by atomic mass is 16.5. The molecule has 2 aromatic carbocycles. The molecule has 170 valence electrons. The van der Waals surface area contributed by atoms with Gasteiger partial charge in [0.05, 0.1) is 25.7 Å². The molecule has 2 fully saturated rings. The summed E-state index contributed by atoms with van der Waals surface area (Å²) in [6.45, 7) is 3.99. The summed E-state index contributed by atoms with van der Waals surface area (Å²) >= 11 is 0. The van der Waals surface area contributed by atoms with Crippen molar-refractivity contribution >= 4 is 17.5 Å². The summed E-state index contributed by atoms with van der Waals surface area (Å²) in [4.78, 5) is 28.3. The van der Waals surface area contributed by atoms with Crippen LogP contribution in [0.5, 0.6) is 11.5 Å². The van der Waals surface area contributed by atoms with Gasteiger partial charge in [0.1, 0.15) is 17.0 Å². The fourth-order valence-corrected chi connectivity index (χ4v) is 4.90. The van der Waals surface area contributed by atoms with Gasteiger partial charge in [-0.1, -0.05) is 31.4 Å². The van der Waals surface area contributed by atoms with Gasteiger partial charge in [-0.05, 0) is 68.7 Å². The van der Waals surface area contributed by atoms with Crippen LogP contribution in [0.25, 0.3) is 0 Å². The minimum atomic E-state index is -0.814. The molecule has 1 heterocycles. The third kappa shape index (κ3) is 4.31. The zero-order valence-electron chi connectivity index (χ0n) is 19.1. The van der Waals surface area contributed by atoms with Gasteiger partial charge in [-0.3, -0.25) is 9.59 Å². The van der Waals surface area contributed by atoms with E-state index in [0.717, 1.165) is 36.3 Å². The second kappa shape index (κ2) is 9.23. The Balaban J connectivity index is 1.58. The first-order valence-electron chi connectivity index (χ1n) is 11.5. The number of hydrogen-bond donors (Lipinski definition) is 1. The first-order chi connectivity index (χ1) is 15.4. The minimum Gasteiger partial charge on any atom is -0.497 e. The molecule has 1 aliphatic heterocycles. The van der Waals surface area contributed by atoms with Gasteiger partial charge < -0.3 is 19.7 Å². The molecule has 1 aliphatic carbocycles. The van der Waals surface area contributed by atoms with Gasteiger partial charge in [-0.25, -0.2) is 0 Å². The number of nitrogens with zero attached hydrogens (tertiary/aromatic N) is 1. The van der Waals surface area contributed by atoms with Crippen molar-refractivity contribution in [3.05, 3.63) is 54.1 Å². The lowest BCUT2D eigenvalue weighted by Gasteiger charge is -2.54. The minimum absolute atomic E-state index is 0.0456. The van der Waals surface area contributed by atoms with Crippen molar-refractivity contribution in [2.75, 3.05) is 12.4 Å². The van der Waals surface area contributed by atoms with Crippen LogP contribution in [0.4, 0.5) is 5.69 Å². The van der Waals surface area contributed by atoms with E-state index in [-0.39, 0.29) is 24.0 Å². The first-order valence-corrected chi connectivity index (χ1v) is 11.5. The number of β-lactam (4-membered cyclic amide) rings is 1. The number of carbonyl (C=O) groups is 2. The zero-order chi connectivity index (χ0) is 22.7. The van der Waals surface area contributed by atoms with Crippen molar-refractivity contribution in [2.45, 2.75) is 70.1 Å². The topological polar surface area (TPSA) is 67.9 Å². The monoisotopic (exact) mass is 436 g/mol. The van der Waals surface area contributed by atoms with E-state index in [1.807, 2.05) is 67.3 Å². The van der Waals surface area contributed by atoms with Gasteiger partial charge in [0.2, 0.25) is 11.8 Å². The van der Waals surface area contributed by atoms with Crippen LogP contribution in [-0.4, -0.2) is 35.5 Å². The SMILES string of the molecule is COc1ccc(NC(=O)C2(N3C(=O)C[C@@H]3c3ccc(OC(C)C)cc3)CCCCC2)cc1. The maximum atomic E-state index is 13.6. The quantitative estimate of drug-likeness (QED) is 0.614. The number of methoxy groups -OCH3 is 1. The molecule has 6 heteroatoms. The molecule has 6 nitrogen and oxygen atoms in total. The highest BCUT2D eigenvalue weighted by molar-refractivity contribution is 6.02. The number of carbonyl (C=O) groups excluding carboxylic acids is 2. The van der Waals surface area contributed by atoms with Gasteiger partial charge in [-0.15, -0.1) is 0 Å². The summed E-state index contributed by atoms with van der Waals surface area (Å²) in [5.41, 5.74) is 0.939. The number of benzene rings is 2. The number of anilines is 1. The zero-order valence-corrected chi connectivity index (χ0v) is 19.1. The van der Waals surface area contributed by atoms with E-state index in [1.165, 1.54) is 0 Å². The maximum absolute atomic E-state index is 13.6. The smallest absolute Gasteiger partial charge is 0.250 e. The molecule has 4 rings (SSSR count). The Kier molecular flexibility index (Phi) is 6.40. The highest BCUT2D eigenvalue weighted by Gasteiger charge is 2.54. The number of likely N-dealkylation sites (tertiary alicyclic amines) is 1. The predicted molar refractivity (Wildman–Crippen MR) is 124 cm³/mol. The van der Waals surface area contributed by atoms with Gasteiger partial charge in [0.25, 0.3) is 0 Å². The van der Waals surface area contributed by atoms with Gasteiger partial charge in [-0.2, -0.15) is 0 Å². The summed E-state index contributed by atoms with van der Waals surface area (Å²) in [7, 11) is 1.61. The number of ether oxygens (including phenoxy) is 2. The molecule has 1 atom stereocenters. The Morgan fingerprint density at radius 2 is 1.62 bits per heavy atom. The van der Waals surface area contributed by atoms with E-state index in [2.05, 4.69) is 5.32 Å². The molecule has 0 bridgehead atoms. The first kappa shape index (κ1) is 22.2. The van der Waals surface area contributed by atoms with Crippen molar-refractivity contribution in [2.24, 2.45) is 0 Å². The summed E-state index contributed by atoms with van der Waals surface area (Å²) in [5.74, 6) is 1.49. The van der Waals surface area contributed by atoms with Crippen LogP contribution >= 0.6 is 0 Å². The van der Waals surface area contributed by atoms with Crippen LogP contribution in [0.15, 0.2) is 48.5 Å². The Morgan fingerprint density at radius 1 is 1.00 bits per heavy atom. The van der Waals surface area contributed by atoms with E-state index < -0.39 is 5.54 Å². The molecule has 2 aliphatic rings. The van der Waals surface area contributed by atoms with Crippen molar-refractivity contribution in [3.8, 4) is 11.5 Å². The number of amides is 2. The second-order valence-electron chi connectivity index (χ2n) is 8.99. The molecular formula is C26H32N2O4. The van der Waals surface area contributed by atoms with Crippen LogP contribution in [-0.2, 0) is 9.59 Å². The average molecular weight is 437 g/mol. The molecule has 0 spiro atoms. The van der Waals surface area contributed by atoms with Crippen molar-refractivity contribution in [3.63, 3.8) is 0 Å². The van der Waals surface area contributed by atoms with Gasteiger partial charge >= 0.3 is 0 Å². The molecule has 32 heavy (non-hydrogen) atoms. The molecular weight excluding hydrogens is 404 g/mol. The number of rotatable bonds is 7. The van der Waals surface area contributed by atoms with Crippen molar-refractivity contribution in [1.82, 2.24) is 4.90 Å². The predicted octanol–water partition coefficient (Wildman–Crippen LogP) is 5.10.